The van der Waals surface area contributed by atoms with Crippen LogP contribution >= 0.6 is 15.9 Å². The average Bonchev–Trinajstić information content (AvgIpc) is 2.93. The maximum absolute atomic E-state index is 5.93. The van der Waals surface area contributed by atoms with E-state index in [4.69, 9.17) is 4.74 Å². The summed E-state index contributed by atoms with van der Waals surface area (Å²) < 4.78 is 7.01. The summed E-state index contributed by atoms with van der Waals surface area (Å²) in [4.78, 5) is 15.7. The van der Waals surface area contributed by atoms with Crippen molar-refractivity contribution in [2.45, 2.75) is 13.8 Å². The number of aromatic amines is 1. The maximum atomic E-state index is 5.93. The molecule has 6 nitrogen and oxygen atoms in total. The summed E-state index contributed by atoms with van der Waals surface area (Å²) in [7, 11) is 1.76. The van der Waals surface area contributed by atoms with Crippen molar-refractivity contribution in [3.8, 4) is 11.6 Å². The van der Waals surface area contributed by atoms with Gasteiger partial charge in [0.25, 0.3) is 5.88 Å². The number of anilines is 1. The summed E-state index contributed by atoms with van der Waals surface area (Å²) >= 11 is 3.55. The Kier molecular flexibility index (Phi) is 3.50. The second kappa shape index (κ2) is 5.33. The second-order valence-corrected chi connectivity index (χ2v) is 5.47. The van der Waals surface area contributed by atoms with Gasteiger partial charge in [0.05, 0.1) is 6.33 Å². The van der Waals surface area contributed by atoms with Crippen molar-refractivity contribution in [2.24, 2.45) is 0 Å². The number of nitrogens with one attached hydrogen (secondary N) is 2. The van der Waals surface area contributed by atoms with Gasteiger partial charge in [-0.3, -0.25) is 0 Å². The van der Waals surface area contributed by atoms with Crippen LogP contribution in [0.15, 0.2) is 22.9 Å². The molecule has 0 unspecified atom stereocenters. The predicted octanol–water partition coefficient (Wildman–Crippen LogP) is 3.57. The molecule has 3 aromatic rings. The Morgan fingerprint density at radius 3 is 2.57 bits per heavy atom. The fourth-order valence-corrected chi connectivity index (χ4v) is 2.30. The molecule has 0 bridgehead atoms. The molecule has 21 heavy (non-hydrogen) atoms. The lowest BCUT2D eigenvalue weighted by molar-refractivity contribution is 0.467. The molecule has 2 N–H and O–H groups in total. The summed E-state index contributed by atoms with van der Waals surface area (Å²) in [5, 5.41) is 2.90. The summed E-state index contributed by atoms with van der Waals surface area (Å²) in [6.45, 7) is 4.05. The largest absolute Gasteiger partial charge is 0.437 e. The zero-order chi connectivity index (χ0) is 15.0. The molecule has 0 aliphatic rings. The van der Waals surface area contributed by atoms with Crippen molar-refractivity contribution in [3.05, 3.63) is 34.1 Å². The average molecular weight is 348 g/mol. The molecule has 0 spiro atoms. The number of halogens is 1. The minimum absolute atomic E-state index is 0.447. The summed E-state index contributed by atoms with van der Waals surface area (Å²) in [6, 6.07) is 3.92. The minimum atomic E-state index is 0.447. The molecule has 0 atom stereocenters. The van der Waals surface area contributed by atoms with Crippen LogP contribution < -0.4 is 10.1 Å². The van der Waals surface area contributed by atoms with Gasteiger partial charge in [-0.2, -0.15) is 9.97 Å². The molecule has 2 heterocycles. The van der Waals surface area contributed by atoms with Gasteiger partial charge in [-0.15, -0.1) is 0 Å². The van der Waals surface area contributed by atoms with Gasteiger partial charge in [-0.1, -0.05) is 15.9 Å². The molecule has 0 saturated carbocycles. The number of hydrogen-bond acceptors (Lipinski definition) is 5. The molecule has 108 valence electrons. The highest BCUT2D eigenvalue weighted by atomic mass is 79.9. The third-order valence-electron chi connectivity index (χ3n) is 3.10. The smallest absolute Gasteiger partial charge is 0.250 e. The highest BCUT2D eigenvalue weighted by Crippen LogP contribution is 2.31. The van der Waals surface area contributed by atoms with E-state index in [1.54, 1.807) is 13.4 Å². The Hall–Kier alpha value is -2.15. The third kappa shape index (κ3) is 2.56. The van der Waals surface area contributed by atoms with E-state index in [-0.39, 0.29) is 0 Å². The van der Waals surface area contributed by atoms with Crippen LogP contribution in [0.4, 0.5) is 5.95 Å². The molecule has 1 aromatic carbocycles. The lowest BCUT2D eigenvalue weighted by atomic mass is 10.1. The van der Waals surface area contributed by atoms with Gasteiger partial charge < -0.3 is 15.0 Å². The number of aryl methyl sites for hydroxylation is 2. The number of hydrogen-bond donors (Lipinski definition) is 2. The fourth-order valence-electron chi connectivity index (χ4n) is 2.07. The summed E-state index contributed by atoms with van der Waals surface area (Å²) in [5.41, 5.74) is 3.45. The first-order chi connectivity index (χ1) is 10.1. The Balaban J connectivity index is 2.07. The summed E-state index contributed by atoms with van der Waals surface area (Å²) in [6.07, 6.45) is 1.57. The van der Waals surface area contributed by atoms with E-state index in [1.807, 2.05) is 26.0 Å². The SMILES string of the molecule is CNc1nc(Oc2cc(C)c(Br)c(C)c2)c2[nH]cnc2n1. The van der Waals surface area contributed by atoms with E-state index in [1.165, 1.54) is 0 Å². The number of nitrogens with zero attached hydrogens (tertiary/aromatic N) is 3. The molecular weight excluding hydrogens is 334 g/mol. The van der Waals surface area contributed by atoms with Crippen molar-refractivity contribution in [1.82, 2.24) is 19.9 Å². The van der Waals surface area contributed by atoms with E-state index >= 15 is 0 Å². The topological polar surface area (TPSA) is 75.7 Å². The van der Waals surface area contributed by atoms with E-state index in [0.29, 0.717) is 23.0 Å². The Morgan fingerprint density at radius 1 is 1.19 bits per heavy atom. The molecule has 0 aliphatic carbocycles. The first-order valence-electron chi connectivity index (χ1n) is 6.42. The van der Waals surface area contributed by atoms with Gasteiger partial charge in [-0.05, 0) is 37.1 Å². The molecule has 3 rings (SSSR count). The standard InChI is InChI=1S/C14H14BrN5O/c1-7-4-9(5-8(2)10(7)15)21-13-11-12(18-6-17-11)19-14(16-3)20-13/h4-6H,1-3H3,(H2,16,17,18,19,20). The lowest BCUT2D eigenvalue weighted by Crippen LogP contribution is -1.99. The third-order valence-corrected chi connectivity index (χ3v) is 4.35. The number of benzene rings is 1. The Bertz CT molecular complexity index is 791. The van der Waals surface area contributed by atoms with Gasteiger partial charge in [-0.25, -0.2) is 4.98 Å². The lowest BCUT2D eigenvalue weighted by Gasteiger charge is -2.10. The van der Waals surface area contributed by atoms with Gasteiger partial charge in [0.15, 0.2) is 5.65 Å². The van der Waals surface area contributed by atoms with E-state index < -0.39 is 0 Å². The molecule has 0 aliphatic heterocycles. The summed E-state index contributed by atoms with van der Waals surface area (Å²) in [5.74, 6) is 1.64. The van der Waals surface area contributed by atoms with Crippen LogP contribution in [0, 0.1) is 13.8 Å². The van der Waals surface area contributed by atoms with Crippen LogP contribution in [0.25, 0.3) is 11.2 Å². The van der Waals surface area contributed by atoms with E-state index in [2.05, 4.69) is 41.2 Å². The van der Waals surface area contributed by atoms with Crippen LogP contribution in [0.2, 0.25) is 0 Å². The van der Waals surface area contributed by atoms with Crippen molar-refractivity contribution >= 4 is 33.0 Å². The molecule has 0 saturated heterocycles. The van der Waals surface area contributed by atoms with Crippen LogP contribution in [0.3, 0.4) is 0 Å². The molecule has 0 amide bonds. The highest BCUT2D eigenvalue weighted by Gasteiger charge is 2.12. The van der Waals surface area contributed by atoms with Crippen LogP contribution in [-0.2, 0) is 0 Å². The Morgan fingerprint density at radius 2 is 1.90 bits per heavy atom. The van der Waals surface area contributed by atoms with E-state index in [0.717, 1.165) is 21.3 Å². The zero-order valence-corrected chi connectivity index (χ0v) is 13.4. The molecule has 0 radical (unpaired) electrons. The van der Waals surface area contributed by atoms with Gasteiger partial charge >= 0.3 is 0 Å². The fraction of sp³-hybridized carbons (Fsp3) is 0.214. The van der Waals surface area contributed by atoms with Gasteiger partial charge in [0, 0.05) is 11.5 Å². The first-order valence-corrected chi connectivity index (χ1v) is 7.21. The predicted molar refractivity (Wildman–Crippen MR) is 84.9 cm³/mol. The Labute approximate surface area is 130 Å². The van der Waals surface area contributed by atoms with E-state index in [9.17, 15) is 0 Å². The molecular formula is C14H14BrN5O. The van der Waals surface area contributed by atoms with Crippen molar-refractivity contribution in [1.29, 1.82) is 0 Å². The minimum Gasteiger partial charge on any atom is -0.437 e. The number of rotatable bonds is 3. The monoisotopic (exact) mass is 347 g/mol. The zero-order valence-electron chi connectivity index (χ0n) is 11.9. The van der Waals surface area contributed by atoms with Gasteiger partial charge in [0.2, 0.25) is 5.95 Å². The van der Waals surface area contributed by atoms with Crippen LogP contribution in [-0.4, -0.2) is 27.0 Å². The number of fused-ring (bicyclic) bond motifs is 1. The normalized spacial score (nSPS) is 10.9. The van der Waals surface area contributed by atoms with Crippen LogP contribution in [0.5, 0.6) is 11.6 Å². The highest BCUT2D eigenvalue weighted by molar-refractivity contribution is 9.10. The van der Waals surface area contributed by atoms with Crippen molar-refractivity contribution < 1.29 is 4.74 Å². The number of imidazole rings is 1. The first kappa shape index (κ1) is 13.8. The van der Waals surface area contributed by atoms with Crippen molar-refractivity contribution in [2.75, 3.05) is 12.4 Å². The van der Waals surface area contributed by atoms with Crippen molar-refractivity contribution in [3.63, 3.8) is 0 Å². The molecule has 0 fully saturated rings. The van der Waals surface area contributed by atoms with Crippen LogP contribution in [0.1, 0.15) is 11.1 Å². The molecule has 7 heteroatoms. The number of ether oxygens (including phenoxy) is 1. The maximum Gasteiger partial charge on any atom is 0.250 e. The number of aromatic nitrogens is 4. The van der Waals surface area contributed by atoms with Gasteiger partial charge in [0.1, 0.15) is 11.3 Å². The second-order valence-electron chi connectivity index (χ2n) is 4.68. The number of H-pyrrole nitrogens is 1. The quantitative estimate of drug-likeness (QED) is 0.757. The molecule has 2 aromatic heterocycles.